The van der Waals surface area contributed by atoms with Gasteiger partial charge in [0.25, 0.3) is 5.91 Å². The Bertz CT molecular complexity index is 1180. The lowest BCUT2D eigenvalue weighted by Crippen LogP contribution is -2.43. The van der Waals surface area contributed by atoms with Crippen molar-refractivity contribution in [2.75, 3.05) is 13.2 Å². The second-order valence-corrected chi connectivity index (χ2v) is 8.26. The van der Waals surface area contributed by atoms with Gasteiger partial charge in [0.15, 0.2) is 5.69 Å². The number of alkyl halides is 3. The number of carbonyl (C=O) groups is 1. The van der Waals surface area contributed by atoms with Crippen LogP contribution in [0.3, 0.4) is 0 Å². The van der Waals surface area contributed by atoms with Crippen LogP contribution in [0.15, 0.2) is 36.5 Å². The average molecular weight is 477 g/mol. The Morgan fingerprint density at radius 1 is 1.26 bits per heavy atom. The molecule has 1 amide bonds. The van der Waals surface area contributed by atoms with Crippen LogP contribution in [0.25, 0.3) is 11.3 Å². The van der Waals surface area contributed by atoms with Gasteiger partial charge >= 0.3 is 6.36 Å². The zero-order valence-corrected chi connectivity index (χ0v) is 18.2. The SMILES string of the molecule is Cn1ccc(-c2ccc3c(c2)C[C@@H](NC(=O)c2cc4n(n2)C[C@H](CCOC(F)(F)F)O4)CO3)n1. The molecule has 3 aromatic rings. The van der Waals surface area contributed by atoms with Crippen molar-refractivity contribution in [1.82, 2.24) is 24.9 Å². The largest absolute Gasteiger partial charge is 0.522 e. The zero-order chi connectivity index (χ0) is 23.9. The molecule has 4 heterocycles. The first kappa shape index (κ1) is 22.3. The minimum absolute atomic E-state index is 0.0592. The maximum atomic E-state index is 12.7. The number of aromatic nitrogens is 4. The summed E-state index contributed by atoms with van der Waals surface area (Å²) >= 11 is 0. The number of amides is 1. The van der Waals surface area contributed by atoms with Crippen LogP contribution < -0.4 is 14.8 Å². The van der Waals surface area contributed by atoms with Gasteiger partial charge in [0.05, 0.1) is 24.9 Å². The topological polar surface area (TPSA) is 92.4 Å². The molecule has 0 aliphatic carbocycles. The van der Waals surface area contributed by atoms with Crippen LogP contribution in [0.4, 0.5) is 13.2 Å². The number of nitrogens with zero attached hydrogens (tertiary/aromatic N) is 4. The standard InChI is InChI=1S/C22H22F3N5O4/c1-29-6-4-17(27-29)13-2-3-19-14(8-13)9-15(12-32-19)26-21(31)18-10-20-30(28-18)11-16(34-20)5-7-33-22(23,24)25/h2-4,6,8,10,15-16H,5,7,9,11-12H2,1H3,(H,26,31)/t15-,16+/m1/s1. The Labute approximate surface area is 192 Å². The molecular weight excluding hydrogens is 455 g/mol. The quantitative estimate of drug-likeness (QED) is 0.587. The monoisotopic (exact) mass is 477 g/mol. The molecule has 0 fully saturated rings. The van der Waals surface area contributed by atoms with E-state index in [9.17, 15) is 18.0 Å². The van der Waals surface area contributed by atoms with Crippen LogP contribution in [0.2, 0.25) is 0 Å². The number of halogens is 3. The van der Waals surface area contributed by atoms with Crippen molar-refractivity contribution < 1.29 is 32.2 Å². The molecule has 2 aliphatic heterocycles. The van der Waals surface area contributed by atoms with E-state index in [-0.39, 0.29) is 30.6 Å². The predicted octanol–water partition coefficient (Wildman–Crippen LogP) is 2.70. The fourth-order valence-corrected chi connectivity index (χ4v) is 4.07. The summed E-state index contributed by atoms with van der Waals surface area (Å²) < 4.78 is 54.7. The molecule has 0 spiro atoms. The molecule has 34 heavy (non-hydrogen) atoms. The van der Waals surface area contributed by atoms with E-state index in [0.717, 1.165) is 22.6 Å². The fourth-order valence-electron chi connectivity index (χ4n) is 4.07. The lowest BCUT2D eigenvalue weighted by molar-refractivity contribution is -0.325. The molecule has 0 saturated carbocycles. The number of ether oxygens (including phenoxy) is 3. The predicted molar refractivity (Wildman–Crippen MR) is 112 cm³/mol. The van der Waals surface area contributed by atoms with Gasteiger partial charge in [0, 0.05) is 31.3 Å². The van der Waals surface area contributed by atoms with Crippen LogP contribution in [0.1, 0.15) is 22.5 Å². The van der Waals surface area contributed by atoms with Crippen LogP contribution in [-0.4, -0.2) is 57.2 Å². The molecule has 0 unspecified atom stereocenters. The van der Waals surface area contributed by atoms with Crippen molar-refractivity contribution in [2.45, 2.75) is 37.9 Å². The molecule has 1 N–H and O–H groups in total. The van der Waals surface area contributed by atoms with E-state index in [1.807, 2.05) is 37.5 Å². The van der Waals surface area contributed by atoms with E-state index in [4.69, 9.17) is 9.47 Å². The van der Waals surface area contributed by atoms with Gasteiger partial charge in [0.2, 0.25) is 5.88 Å². The molecule has 180 valence electrons. The highest BCUT2D eigenvalue weighted by Gasteiger charge is 2.32. The number of hydrogen-bond acceptors (Lipinski definition) is 6. The van der Waals surface area contributed by atoms with Gasteiger partial charge < -0.3 is 14.8 Å². The van der Waals surface area contributed by atoms with Crippen molar-refractivity contribution in [3.05, 3.63) is 47.8 Å². The lowest BCUT2D eigenvalue weighted by Gasteiger charge is -2.26. The van der Waals surface area contributed by atoms with Crippen molar-refractivity contribution in [3.8, 4) is 22.9 Å². The van der Waals surface area contributed by atoms with E-state index in [2.05, 4.69) is 20.3 Å². The average Bonchev–Trinajstić information content (AvgIpc) is 3.47. The van der Waals surface area contributed by atoms with Crippen LogP contribution in [0.5, 0.6) is 11.6 Å². The highest BCUT2D eigenvalue weighted by atomic mass is 19.4. The molecule has 2 atom stereocenters. The Hall–Kier alpha value is -3.54. The number of nitrogens with one attached hydrogen (secondary N) is 1. The molecule has 0 saturated heterocycles. The molecule has 0 radical (unpaired) electrons. The fraction of sp³-hybridized carbons (Fsp3) is 0.409. The van der Waals surface area contributed by atoms with Crippen molar-refractivity contribution in [1.29, 1.82) is 0 Å². The van der Waals surface area contributed by atoms with Gasteiger partial charge in [-0.2, -0.15) is 10.2 Å². The number of aryl methyl sites for hydroxylation is 1. The maximum Gasteiger partial charge on any atom is 0.522 e. The van der Waals surface area contributed by atoms with Gasteiger partial charge in [-0.25, -0.2) is 4.68 Å². The molecule has 1 aromatic carbocycles. The Balaban J connectivity index is 1.17. The molecule has 0 bridgehead atoms. The number of benzene rings is 1. The maximum absolute atomic E-state index is 12.7. The third-order valence-corrected chi connectivity index (χ3v) is 5.66. The van der Waals surface area contributed by atoms with Gasteiger partial charge in [-0.1, -0.05) is 0 Å². The molecule has 2 aliphatic rings. The first-order chi connectivity index (χ1) is 16.2. The van der Waals surface area contributed by atoms with Crippen molar-refractivity contribution in [2.24, 2.45) is 7.05 Å². The Morgan fingerprint density at radius 2 is 2.12 bits per heavy atom. The highest BCUT2D eigenvalue weighted by molar-refractivity contribution is 5.92. The Kier molecular flexibility index (Phi) is 5.68. The van der Waals surface area contributed by atoms with Gasteiger partial charge in [-0.3, -0.25) is 14.2 Å². The minimum Gasteiger partial charge on any atom is -0.491 e. The van der Waals surface area contributed by atoms with E-state index in [0.29, 0.717) is 18.9 Å². The molecule has 5 rings (SSSR count). The molecule has 9 nitrogen and oxygen atoms in total. The number of carbonyl (C=O) groups excluding carboxylic acids is 1. The van der Waals surface area contributed by atoms with E-state index in [1.165, 1.54) is 10.7 Å². The number of rotatable bonds is 6. The van der Waals surface area contributed by atoms with Crippen LogP contribution in [0, 0.1) is 0 Å². The highest BCUT2D eigenvalue weighted by Crippen LogP contribution is 2.30. The minimum atomic E-state index is -4.67. The van der Waals surface area contributed by atoms with Crippen molar-refractivity contribution in [3.63, 3.8) is 0 Å². The Morgan fingerprint density at radius 3 is 2.85 bits per heavy atom. The summed E-state index contributed by atoms with van der Waals surface area (Å²) in [6.45, 7) is 0.0740. The number of fused-ring (bicyclic) bond motifs is 2. The smallest absolute Gasteiger partial charge is 0.491 e. The zero-order valence-electron chi connectivity index (χ0n) is 18.2. The van der Waals surface area contributed by atoms with E-state index >= 15 is 0 Å². The third kappa shape index (κ3) is 4.86. The van der Waals surface area contributed by atoms with Crippen LogP contribution in [-0.2, 0) is 24.8 Å². The summed E-state index contributed by atoms with van der Waals surface area (Å²) in [6, 6.07) is 9.04. The van der Waals surface area contributed by atoms with Gasteiger partial charge in [-0.15, -0.1) is 13.2 Å². The third-order valence-electron chi connectivity index (χ3n) is 5.66. The summed E-state index contributed by atoms with van der Waals surface area (Å²) in [5, 5.41) is 11.6. The van der Waals surface area contributed by atoms with Crippen LogP contribution >= 0.6 is 0 Å². The van der Waals surface area contributed by atoms with Crippen molar-refractivity contribution >= 4 is 5.91 Å². The summed E-state index contributed by atoms with van der Waals surface area (Å²) in [5.74, 6) is 0.743. The van der Waals surface area contributed by atoms with Gasteiger partial charge in [-0.05, 0) is 36.2 Å². The van der Waals surface area contributed by atoms with Gasteiger partial charge in [0.1, 0.15) is 18.5 Å². The first-order valence-corrected chi connectivity index (χ1v) is 10.8. The van der Waals surface area contributed by atoms with E-state index < -0.39 is 19.1 Å². The summed E-state index contributed by atoms with van der Waals surface area (Å²) in [6.07, 6.45) is -2.63. The summed E-state index contributed by atoms with van der Waals surface area (Å²) in [4.78, 5) is 12.7. The second-order valence-electron chi connectivity index (χ2n) is 8.26. The molecular formula is C22H22F3N5O4. The molecule has 2 aromatic heterocycles. The normalized spacial score (nSPS) is 19.2. The number of hydrogen-bond donors (Lipinski definition) is 1. The summed E-state index contributed by atoms with van der Waals surface area (Å²) in [7, 11) is 1.86. The second kappa shape index (κ2) is 8.67. The molecule has 12 heteroatoms. The first-order valence-electron chi connectivity index (χ1n) is 10.8. The summed E-state index contributed by atoms with van der Waals surface area (Å²) in [5.41, 5.74) is 2.97. The van der Waals surface area contributed by atoms with E-state index in [1.54, 1.807) is 4.68 Å². The lowest BCUT2D eigenvalue weighted by atomic mass is 9.99.